The average Bonchev–Trinajstić information content (AvgIpc) is 2.69. The van der Waals surface area contributed by atoms with Crippen LogP contribution in [0.2, 0.25) is 0 Å². The lowest BCUT2D eigenvalue weighted by molar-refractivity contribution is 1.10. The second-order valence-corrected chi connectivity index (χ2v) is 6.12. The van der Waals surface area contributed by atoms with Crippen molar-refractivity contribution in [3.8, 4) is 0 Å². The van der Waals surface area contributed by atoms with Gasteiger partial charge in [0.05, 0.1) is 0 Å². The van der Waals surface area contributed by atoms with E-state index in [2.05, 4.69) is 98.4 Å². The standard InChI is InChI=1S/C15H16.C10H8/c1-3-7-12-10-11-13-8-5-6-9-15(13)14(12)4-2;1-2-6-10-8-4-3-7-9(10)5-1/h3,5-6,8-11H,1,4,7H2,2H3;1-8H. The van der Waals surface area contributed by atoms with E-state index in [0.29, 0.717) is 0 Å². The summed E-state index contributed by atoms with van der Waals surface area (Å²) in [6.45, 7) is 6.03. The summed E-state index contributed by atoms with van der Waals surface area (Å²) in [4.78, 5) is 0. The SMILES string of the molecule is C=CCc1ccc2ccccc2c1CC.c1ccc2ccccc2c1. The van der Waals surface area contributed by atoms with Gasteiger partial charge in [0.2, 0.25) is 0 Å². The van der Waals surface area contributed by atoms with Crippen LogP contribution in [-0.4, -0.2) is 0 Å². The summed E-state index contributed by atoms with van der Waals surface area (Å²) in [7, 11) is 0. The van der Waals surface area contributed by atoms with Crippen molar-refractivity contribution >= 4 is 21.5 Å². The molecule has 0 saturated carbocycles. The molecule has 0 aliphatic heterocycles. The van der Waals surface area contributed by atoms with E-state index in [9.17, 15) is 0 Å². The fourth-order valence-electron chi connectivity index (χ4n) is 3.28. The van der Waals surface area contributed by atoms with Crippen LogP contribution in [0.15, 0.2) is 97.6 Å². The molecule has 124 valence electrons. The highest BCUT2D eigenvalue weighted by Gasteiger charge is 2.03. The lowest BCUT2D eigenvalue weighted by atomic mass is 9.95. The van der Waals surface area contributed by atoms with Gasteiger partial charge in [-0.25, -0.2) is 0 Å². The molecule has 0 radical (unpaired) electrons. The van der Waals surface area contributed by atoms with Gasteiger partial charge in [-0.1, -0.05) is 97.9 Å². The minimum Gasteiger partial charge on any atom is -0.103 e. The molecule has 0 N–H and O–H groups in total. The molecule has 0 heteroatoms. The zero-order chi connectivity index (χ0) is 17.5. The molecule has 4 aromatic rings. The molecule has 25 heavy (non-hydrogen) atoms. The monoisotopic (exact) mass is 324 g/mol. The molecule has 0 spiro atoms. The van der Waals surface area contributed by atoms with Crippen LogP contribution in [0.25, 0.3) is 21.5 Å². The highest BCUT2D eigenvalue weighted by Crippen LogP contribution is 2.23. The molecule has 0 saturated heterocycles. The zero-order valence-electron chi connectivity index (χ0n) is 14.8. The van der Waals surface area contributed by atoms with E-state index in [1.54, 1.807) is 0 Å². The molecule has 0 aliphatic carbocycles. The molecule has 4 rings (SSSR count). The first-order valence-corrected chi connectivity index (χ1v) is 8.87. The highest BCUT2D eigenvalue weighted by atomic mass is 14.1. The van der Waals surface area contributed by atoms with Crippen molar-refractivity contribution in [3.63, 3.8) is 0 Å². The fourth-order valence-corrected chi connectivity index (χ4v) is 3.28. The zero-order valence-corrected chi connectivity index (χ0v) is 14.8. The third-order valence-corrected chi connectivity index (χ3v) is 4.51. The average molecular weight is 324 g/mol. The van der Waals surface area contributed by atoms with Crippen LogP contribution in [0.1, 0.15) is 18.1 Å². The Morgan fingerprint density at radius 1 is 0.680 bits per heavy atom. The third kappa shape index (κ3) is 3.97. The topological polar surface area (TPSA) is 0 Å². The number of allylic oxidation sites excluding steroid dienone is 1. The van der Waals surface area contributed by atoms with E-state index in [1.165, 1.54) is 32.7 Å². The van der Waals surface area contributed by atoms with Crippen LogP contribution in [0, 0.1) is 0 Å². The van der Waals surface area contributed by atoms with Gasteiger partial charge in [0.25, 0.3) is 0 Å². The van der Waals surface area contributed by atoms with Crippen LogP contribution in [0.3, 0.4) is 0 Å². The number of benzene rings is 4. The first kappa shape index (κ1) is 17.0. The Morgan fingerprint density at radius 3 is 1.72 bits per heavy atom. The summed E-state index contributed by atoms with van der Waals surface area (Å²) >= 11 is 0. The summed E-state index contributed by atoms with van der Waals surface area (Å²) in [5, 5.41) is 5.34. The normalized spacial score (nSPS) is 10.3. The van der Waals surface area contributed by atoms with Gasteiger partial charge in [-0.15, -0.1) is 6.58 Å². The summed E-state index contributed by atoms with van der Waals surface area (Å²) in [5.74, 6) is 0. The number of rotatable bonds is 3. The van der Waals surface area contributed by atoms with Crippen molar-refractivity contribution < 1.29 is 0 Å². The molecule has 0 heterocycles. The minimum absolute atomic E-state index is 0.966. The second-order valence-electron chi connectivity index (χ2n) is 6.12. The predicted octanol–water partition coefficient (Wildman–Crippen LogP) is 6.97. The summed E-state index contributed by atoms with van der Waals surface area (Å²) in [6, 6.07) is 29.7. The molecule has 4 aromatic carbocycles. The van der Waals surface area contributed by atoms with Crippen LogP contribution >= 0.6 is 0 Å². The molecule has 0 aliphatic rings. The Kier molecular flexibility index (Phi) is 5.64. The smallest absolute Gasteiger partial charge is 0.00972 e. The van der Waals surface area contributed by atoms with Gasteiger partial charge in [0, 0.05) is 0 Å². The number of hydrogen-bond donors (Lipinski definition) is 0. The van der Waals surface area contributed by atoms with Crippen molar-refractivity contribution in [2.24, 2.45) is 0 Å². The van der Waals surface area contributed by atoms with Gasteiger partial charge in [-0.05, 0) is 45.5 Å². The quantitative estimate of drug-likeness (QED) is 0.357. The largest absolute Gasteiger partial charge is 0.103 e. The predicted molar refractivity (Wildman–Crippen MR) is 111 cm³/mol. The van der Waals surface area contributed by atoms with E-state index in [4.69, 9.17) is 0 Å². The maximum absolute atomic E-state index is 3.81. The van der Waals surface area contributed by atoms with Gasteiger partial charge in [0.1, 0.15) is 0 Å². The van der Waals surface area contributed by atoms with E-state index in [-0.39, 0.29) is 0 Å². The minimum atomic E-state index is 0.966. The Morgan fingerprint density at radius 2 is 1.20 bits per heavy atom. The molecule has 0 aromatic heterocycles. The molecular weight excluding hydrogens is 300 g/mol. The fraction of sp³-hybridized carbons (Fsp3) is 0.120. The van der Waals surface area contributed by atoms with Gasteiger partial charge >= 0.3 is 0 Å². The maximum Gasteiger partial charge on any atom is -0.00972 e. The molecule has 0 bridgehead atoms. The Hall–Kier alpha value is -2.86. The molecule has 0 atom stereocenters. The summed E-state index contributed by atoms with van der Waals surface area (Å²) < 4.78 is 0. The number of aryl methyl sites for hydroxylation is 1. The Balaban J connectivity index is 0.000000157. The molecule has 0 unspecified atom stereocenters. The van der Waals surface area contributed by atoms with E-state index in [0.717, 1.165) is 12.8 Å². The highest BCUT2D eigenvalue weighted by molar-refractivity contribution is 5.86. The van der Waals surface area contributed by atoms with Crippen molar-refractivity contribution in [2.45, 2.75) is 19.8 Å². The van der Waals surface area contributed by atoms with Crippen LogP contribution in [0.5, 0.6) is 0 Å². The Bertz CT molecular complexity index is 914. The lowest BCUT2D eigenvalue weighted by Crippen LogP contribution is -1.92. The second kappa shape index (κ2) is 8.30. The van der Waals surface area contributed by atoms with Crippen molar-refractivity contribution in [1.82, 2.24) is 0 Å². The van der Waals surface area contributed by atoms with Crippen molar-refractivity contribution in [2.75, 3.05) is 0 Å². The van der Waals surface area contributed by atoms with Gasteiger partial charge in [0.15, 0.2) is 0 Å². The van der Waals surface area contributed by atoms with Crippen molar-refractivity contribution in [3.05, 3.63) is 109 Å². The third-order valence-electron chi connectivity index (χ3n) is 4.51. The summed E-state index contributed by atoms with van der Waals surface area (Å²) in [6.07, 6.45) is 4.03. The lowest BCUT2D eigenvalue weighted by Gasteiger charge is -2.09. The maximum atomic E-state index is 3.81. The van der Waals surface area contributed by atoms with Gasteiger partial charge in [-0.3, -0.25) is 0 Å². The van der Waals surface area contributed by atoms with Crippen LogP contribution in [-0.2, 0) is 12.8 Å². The van der Waals surface area contributed by atoms with Crippen molar-refractivity contribution in [1.29, 1.82) is 0 Å². The molecule has 0 amide bonds. The van der Waals surface area contributed by atoms with E-state index in [1.807, 2.05) is 6.08 Å². The first-order chi connectivity index (χ1) is 12.3. The molecule has 0 fully saturated rings. The summed E-state index contributed by atoms with van der Waals surface area (Å²) in [5.41, 5.74) is 2.87. The van der Waals surface area contributed by atoms with E-state index < -0.39 is 0 Å². The molecule has 0 nitrogen and oxygen atoms in total. The molecular formula is C25H24. The number of hydrogen-bond acceptors (Lipinski definition) is 0. The Labute approximate surface area is 150 Å². The van der Waals surface area contributed by atoms with E-state index >= 15 is 0 Å². The van der Waals surface area contributed by atoms with Crippen LogP contribution < -0.4 is 0 Å². The first-order valence-electron chi connectivity index (χ1n) is 8.87. The van der Waals surface area contributed by atoms with Gasteiger partial charge < -0.3 is 0 Å². The van der Waals surface area contributed by atoms with Gasteiger partial charge in [-0.2, -0.15) is 0 Å². The number of fused-ring (bicyclic) bond motifs is 2. The van der Waals surface area contributed by atoms with Crippen LogP contribution in [0.4, 0.5) is 0 Å².